The molecule has 0 saturated carbocycles. The van der Waals surface area contributed by atoms with Crippen molar-refractivity contribution in [2.24, 2.45) is 0 Å². The maximum atomic E-state index is 13.4. The summed E-state index contributed by atoms with van der Waals surface area (Å²) in [7, 11) is 0. The van der Waals surface area contributed by atoms with Crippen LogP contribution in [0, 0.1) is 12.7 Å². The molecule has 0 unspecified atom stereocenters. The molecule has 3 rings (SSSR count). The van der Waals surface area contributed by atoms with E-state index in [1.165, 1.54) is 11.6 Å². The number of hydrogen-bond acceptors (Lipinski definition) is 2. The number of benzene rings is 2. The maximum absolute atomic E-state index is 13.4. The summed E-state index contributed by atoms with van der Waals surface area (Å²) < 4.78 is 13.4. The molecule has 0 spiro atoms. The zero-order chi connectivity index (χ0) is 12.7. The van der Waals surface area contributed by atoms with Gasteiger partial charge in [0.2, 0.25) is 0 Å². The van der Waals surface area contributed by atoms with Gasteiger partial charge in [0.05, 0.1) is 11.4 Å². The highest BCUT2D eigenvalue weighted by Gasteiger charge is 2.23. The van der Waals surface area contributed by atoms with E-state index in [0.29, 0.717) is 0 Å². The van der Waals surface area contributed by atoms with Gasteiger partial charge < -0.3 is 10.6 Å². The number of nitrogen functional groups attached to an aromatic ring is 1. The van der Waals surface area contributed by atoms with Gasteiger partial charge in [-0.05, 0) is 42.7 Å². The summed E-state index contributed by atoms with van der Waals surface area (Å²) in [6, 6.07) is 10.8. The fourth-order valence-electron chi connectivity index (χ4n) is 2.64. The average Bonchev–Trinajstić information content (AvgIpc) is 2.72. The van der Waals surface area contributed by atoms with E-state index in [9.17, 15) is 4.39 Å². The third kappa shape index (κ3) is 1.63. The molecule has 1 aliphatic heterocycles. The minimum atomic E-state index is -0.201. The van der Waals surface area contributed by atoms with E-state index < -0.39 is 0 Å². The lowest BCUT2D eigenvalue weighted by molar-refractivity contribution is 0.628. The summed E-state index contributed by atoms with van der Waals surface area (Å²) in [5.74, 6) is -0.201. The van der Waals surface area contributed by atoms with E-state index in [4.69, 9.17) is 5.73 Å². The predicted octanol–water partition coefficient (Wildman–Crippen LogP) is 3.41. The monoisotopic (exact) mass is 242 g/mol. The number of aryl methyl sites for hydroxylation is 1. The van der Waals surface area contributed by atoms with Crippen LogP contribution in [0.1, 0.15) is 11.1 Å². The van der Waals surface area contributed by atoms with Crippen molar-refractivity contribution in [3.63, 3.8) is 0 Å². The van der Waals surface area contributed by atoms with E-state index >= 15 is 0 Å². The Morgan fingerprint density at radius 2 is 2.06 bits per heavy atom. The van der Waals surface area contributed by atoms with E-state index in [1.807, 2.05) is 31.2 Å². The van der Waals surface area contributed by atoms with Crippen LogP contribution in [0.25, 0.3) is 0 Å². The highest BCUT2D eigenvalue weighted by molar-refractivity contribution is 5.80. The van der Waals surface area contributed by atoms with Crippen molar-refractivity contribution in [2.45, 2.75) is 13.3 Å². The number of fused-ring (bicyclic) bond motifs is 1. The second kappa shape index (κ2) is 4.02. The summed E-state index contributed by atoms with van der Waals surface area (Å²) in [5.41, 5.74) is 11.0. The molecule has 0 radical (unpaired) electrons. The van der Waals surface area contributed by atoms with Crippen LogP contribution in [0.3, 0.4) is 0 Å². The summed E-state index contributed by atoms with van der Waals surface area (Å²) in [5, 5.41) is 0. The van der Waals surface area contributed by atoms with E-state index in [2.05, 4.69) is 4.90 Å². The largest absolute Gasteiger partial charge is 0.397 e. The molecule has 0 aromatic heterocycles. The Morgan fingerprint density at radius 1 is 1.22 bits per heavy atom. The second-order valence-corrected chi connectivity index (χ2v) is 4.69. The van der Waals surface area contributed by atoms with Crippen LogP contribution in [-0.4, -0.2) is 6.54 Å². The van der Waals surface area contributed by atoms with Crippen molar-refractivity contribution in [2.75, 3.05) is 17.2 Å². The first-order valence-electron chi connectivity index (χ1n) is 6.08. The van der Waals surface area contributed by atoms with Crippen LogP contribution in [0.5, 0.6) is 0 Å². The van der Waals surface area contributed by atoms with E-state index in [1.54, 1.807) is 6.07 Å². The normalized spacial score (nSPS) is 13.8. The Morgan fingerprint density at radius 3 is 2.83 bits per heavy atom. The number of rotatable bonds is 1. The molecular formula is C15H15FN2. The molecule has 3 heteroatoms. The molecule has 2 aromatic rings. The SMILES string of the molecule is Cc1cccc(N)c1N1CCc2ccc(F)cc21. The van der Waals surface area contributed by atoms with Gasteiger partial charge in [-0.25, -0.2) is 4.39 Å². The molecule has 1 heterocycles. The van der Waals surface area contributed by atoms with Crippen molar-refractivity contribution in [1.82, 2.24) is 0 Å². The van der Waals surface area contributed by atoms with Gasteiger partial charge in [0.1, 0.15) is 5.82 Å². The van der Waals surface area contributed by atoms with Crippen molar-refractivity contribution in [1.29, 1.82) is 0 Å². The number of nitrogens with two attached hydrogens (primary N) is 1. The highest BCUT2D eigenvalue weighted by atomic mass is 19.1. The van der Waals surface area contributed by atoms with Gasteiger partial charge in [0.15, 0.2) is 0 Å². The smallest absolute Gasteiger partial charge is 0.125 e. The number of anilines is 3. The topological polar surface area (TPSA) is 29.3 Å². The molecule has 92 valence electrons. The molecule has 0 amide bonds. The van der Waals surface area contributed by atoms with Crippen LogP contribution >= 0.6 is 0 Å². The lowest BCUT2D eigenvalue weighted by Gasteiger charge is -2.23. The Balaban J connectivity index is 2.14. The van der Waals surface area contributed by atoms with Gasteiger partial charge in [0, 0.05) is 12.2 Å². The minimum absolute atomic E-state index is 0.201. The van der Waals surface area contributed by atoms with Gasteiger partial charge in [-0.3, -0.25) is 0 Å². The third-order valence-electron chi connectivity index (χ3n) is 3.48. The van der Waals surface area contributed by atoms with E-state index in [0.717, 1.165) is 35.6 Å². The second-order valence-electron chi connectivity index (χ2n) is 4.69. The zero-order valence-electron chi connectivity index (χ0n) is 10.3. The quantitative estimate of drug-likeness (QED) is 0.776. The van der Waals surface area contributed by atoms with Crippen LogP contribution in [0.4, 0.5) is 21.5 Å². The van der Waals surface area contributed by atoms with Crippen molar-refractivity contribution in [3.8, 4) is 0 Å². The Hall–Kier alpha value is -2.03. The third-order valence-corrected chi connectivity index (χ3v) is 3.48. The van der Waals surface area contributed by atoms with E-state index in [-0.39, 0.29) is 5.82 Å². The number of nitrogens with zero attached hydrogens (tertiary/aromatic N) is 1. The van der Waals surface area contributed by atoms with Crippen molar-refractivity contribution in [3.05, 3.63) is 53.3 Å². The van der Waals surface area contributed by atoms with Crippen LogP contribution in [-0.2, 0) is 6.42 Å². The van der Waals surface area contributed by atoms with Crippen LogP contribution in [0.15, 0.2) is 36.4 Å². The zero-order valence-corrected chi connectivity index (χ0v) is 10.3. The molecule has 0 bridgehead atoms. The number of hydrogen-bond donors (Lipinski definition) is 1. The number of para-hydroxylation sites is 1. The van der Waals surface area contributed by atoms with Crippen LogP contribution < -0.4 is 10.6 Å². The molecule has 0 fully saturated rings. The Bertz CT molecular complexity index is 587. The molecule has 2 N–H and O–H groups in total. The highest BCUT2D eigenvalue weighted by Crippen LogP contribution is 2.39. The fourth-order valence-corrected chi connectivity index (χ4v) is 2.64. The molecule has 0 saturated heterocycles. The van der Waals surface area contributed by atoms with Crippen LogP contribution in [0.2, 0.25) is 0 Å². The molecule has 0 atom stereocenters. The van der Waals surface area contributed by atoms with Crippen molar-refractivity contribution < 1.29 is 4.39 Å². The molecule has 1 aliphatic rings. The standard InChI is InChI=1S/C15H15FN2/c1-10-3-2-4-13(17)15(10)18-8-7-11-5-6-12(16)9-14(11)18/h2-6,9H,7-8,17H2,1H3. The Kier molecular flexibility index (Phi) is 2.47. The van der Waals surface area contributed by atoms with Gasteiger partial charge in [0.25, 0.3) is 0 Å². The fraction of sp³-hybridized carbons (Fsp3) is 0.200. The maximum Gasteiger partial charge on any atom is 0.125 e. The predicted molar refractivity (Wildman–Crippen MR) is 72.7 cm³/mol. The summed E-state index contributed by atoms with van der Waals surface area (Å²) in [4.78, 5) is 2.11. The minimum Gasteiger partial charge on any atom is -0.397 e. The van der Waals surface area contributed by atoms with Gasteiger partial charge in [-0.2, -0.15) is 0 Å². The Labute approximate surface area is 106 Å². The first-order valence-corrected chi connectivity index (χ1v) is 6.08. The lowest BCUT2D eigenvalue weighted by Crippen LogP contribution is -2.16. The van der Waals surface area contributed by atoms with Gasteiger partial charge in [-0.15, -0.1) is 0 Å². The summed E-state index contributed by atoms with van der Waals surface area (Å²) in [6.45, 7) is 2.89. The molecule has 2 nitrogen and oxygen atoms in total. The average molecular weight is 242 g/mol. The molecule has 18 heavy (non-hydrogen) atoms. The molecular weight excluding hydrogens is 227 g/mol. The van der Waals surface area contributed by atoms with Crippen molar-refractivity contribution >= 4 is 17.1 Å². The number of halogens is 1. The first-order chi connectivity index (χ1) is 8.66. The molecule has 2 aromatic carbocycles. The summed E-state index contributed by atoms with van der Waals surface area (Å²) >= 11 is 0. The first kappa shape index (κ1) is 11.1. The molecule has 0 aliphatic carbocycles. The summed E-state index contributed by atoms with van der Waals surface area (Å²) in [6.07, 6.45) is 0.934. The van der Waals surface area contributed by atoms with Gasteiger partial charge in [-0.1, -0.05) is 18.2 Å². The lowest BCUT2D eigenvalue weighted by atomic mass is 10.1. The van der Waals surface area contributed by atoms with Gasteiger partial charge >= 0.3 is 0 Å².